The molecule has 0 bridgehead atoms. The summed E-state index contributed by atoms with van der Waals surface area (Å²) in [6, 6.07) is 10.4. The van der Waals surface area contributed by atoms with Crippen molar-refractivity contribution >= 4 is 11.6 Å². The fourth-order valence-electron chi connectivity index (χ4n) is 1.87. The molecule has 3 rings (SSSR count). The second kappa shape index (κ2) is 6.04. The van der Waals surface area contributed by atoms with Gasteiger partial charge in [0.05, 0.1) is 19.0 Å². The van der Waals surface area contributed by atoms with Gasteiger partial charge in [-0.2, -0.15) is 5.10 Å². The molecule has 0 atom stereocenters. The number of ether oxygens (including phenoxy) is 1. The minimum atomic E-state index is -0.210. The number of hydrogen-bond acceptors (Lipinski definition) is 5. The number of benzene rings is 1. The Morgan fingerprint density at radius 2 is 2.00 bits per heavy atom. The van der Waals surface area contributed by atoms with E-state index in [0.29, 0.717) is 22.8 Å². The van der Waals surface area contributed by atoms with Gasteiger partial charge in [-0.1, -0.05) is 0 Å². The van der Waals surface area contributed by atoms with Crippen molar-refractivity contribution < 1.29 is 9.53 Å². The number of hydrogen-bond donors (Lipinski definition) is 1. The first kappa shape index (κ1) is 13.7. The smallest absolute Gasteiger partial charge is 0.255 e. The molecule has 0 aliphatic rings. The predicted molar refractivity (Wildman–Crippen MR) is 80.1 cm³/mol. The van der Waals surface area contributed by atoms with Crippen LogP contribution in [0.4, 0.5) is 5.69 Å². The first-order valence-electron chi connectivity index (χ1n) is 6.53. The zero-order valence-electron chi connectivity index (χ0n) is 11.8. The number of rotatable bonds is 4. The summed E-state index contributed by atoms with van der Waals surface area (Å²) in [6.07, 6.45) is 4.55. The highest BCUT2D eigenvalue weighted by atomic mass is 16.5. The Morgan fingerprint density at radius 1 is 1.18 bits per heavy atom. The van der Waals surface area contributed by atoms with Crippen LogP contribution in [0.15, 0.2) is 55.2 Å². The molecule has 0 aliphatic carbocycles. The number of carbonyl (C=O) groups excluding carboxylic acids is 1. The van der Waals surface area contributed by atoms with Crippen LogP contribution in [0, 0.1) is 0 Å². The Hall–Kier alpha value is -3.22. The third-order valence-corrected chi connectivity index (χ3v) is 3.01. The summed E-state index contributed by atoms with van der Waals surface area (Å²) in [6.45, 7) is 0. The molecule has 0 fully saturated rings. The van der Waals surface area contributed by atoms with Gasteiger partial charge in [0.2, 0.25) is 0 Å². The molecular formula is C15H13N5O2. The predicted octanol–water partition coefficient (Wildman–Crippen LogP) is 1.92. The number of nitrogens with one attached hydrogen (secondary N) is 1. The van der Waals surface area contributed by atoms with Crippen molar-refractivity contribution in [1.82, 2.24) is 19.7 Å². The Kier molecular flexibility index (Phi) is 3.78. The third-order valence-electron chi connectivity index (χ3n) is 3.01. The van der Waals surface area contributed by atoms with Crippen LogP contribution in [0.25, 0.3) is 5.82 Å². The van der Waals surface area contributed by atoms with Crippen LogP contribution >= 0.6 is 0 Å². The Labute approximate surface area is 126 Å². The second-order valence-corrected chi connectivity index (χ2v) is 4.43. The Balaban J connectivity index is 1.71. The lowest BCUT2D eigenvalue weighted by Gasteiger charge is -2.06. The summed E-state index contributed by atoms with van der Waals surface area (Å²) < 4.78 is 6.60. The number of amides is 1. The molecule has 0 saturated carbocycles. The van der Waals surface area contributed by atoms with Gasteiger partial charge in [-0.3, -0.25) is 4.79 Å². The van der Waals surface area contributed by atoms with Crippen LogP contribution < -0.4 is 10.1 Å². The van der Waals surface area contributed by atoms with Gasteiger partial charge < -0.3 is 10.1 Å². The molecule has 1 aromatic carbocycles. The van der Waals surface area contributed by atoms with E-state index >= 15 is 0 Å². The lowest BCUT2D eigenvalue weighted by Crippen LogP contribution is -2.12. The lowest BCUT2D eigenvalue weighted by molar-refractivity contribution is 0.102. The fraction of sp³-hybridized carbons (Fsp3) is 0.0667. The van der Waals surface area contributed by atoms with Crippen molar-refractivity contribution in [3.63, 3.8) is 0 Å². The summed E-state index contributed by atoms with van der Waals surface area (Å²) in [5, 5.41) is 6.77. The third kappa shape index (κ3) is 2.93. The molecule has 0 spiro atoms. The van der Waals surface area contributed by atoms with E-state index in [-0.39, 0.29) is 5.91 Å². The number of anilines is 1. The van der Waals surface area contributed by atoms with E-state index in [4.69, 9.17) is 4.74 Å². The van der Waals surface area contributed by atoms with Gasteiger partial charge in [-0.15, -0.1) is 0 Å². The first-order chi connectivity index (χ1) is 10.8. The zero-order chi connectivity index (χ0) is 15.4. The van der Waals surface area contributed by atoms with Gasteiger partial charge in [0.1, 0.15) is 18.4 Å². The van der Waals surface area contributed by atoms with Gasteiger partial charge in [-0.25, -0.2) is 14.6 Å². The maximum atomic E-state index is 12.1. The highest BCUT2D eigenvalue weighted by molar-refractivity contribution is 6.04. The average Bonchev–Trinajstić information content (AvgIpc) is 3.10. The molecule has 0 aliphatic heterocycles. The van der Waals surface area contributed by atoms with E-state index < -0.39 is 0 Å². The summed E-state index contributed by atoms with van der Waals surface area (Å²) in [5.41, 5.74) is 1.14. The number of pyridine rings is 1. The largest absolute Gasteiger partial charge is 0.497 e. The van der Waals surface area contributed by atoms with Gasteiger partial charge in [0.25, 0.3) is 5.91 Å². The fourth-order valence-corrected chi connectivity index (χ4v) is 1.87. The Morgan fingerprint density at radius 3 is 2.59 bits per heavy atom. The number of methoxy groups -OCH3 is 1. The SMILES string of the molecule is COc1ccc(C(=O)Nc2ccc(-n3cncn3)nc2)cc1. The van der Waals surface area contributed by atoms with E-state index in [9.17, 15) is 4.79 Å². The molecule has 2 aromatic heterocycles. The highest BCUT2D eigenvalue weighted by Gasteiger charge is 2.07. The standard InChI is InChI=1S/C15H13N5O2/c1-22-13-5-2-11(3-6-13)15(21)19-12-4-7-14(17-8-12)20-10-16-9-18-20/h2-10H,1H3,(H,19,21). The molecule has 110 valence electrons. The first-order valence-corrected chi connectivity index (χ1v) is 6.53. The molecule has 2 heterocycles. The van der Waals surface area contributed by atoms with Gasteiger partial charge in [0.15, 0.2) is 5.82 Å². The van der Waals surface area contributed by atoms with Crippen molar-refractivity contribution in [3.05, 3.63) is 60.8 Å². The molecule has 7 heteroatoms. The van der Waals surface area contributed by atoms with E-state index in [2.05, 4.69) is 20.4 Å². The maximum absolute atomic E-state index is 12.1. The number of aromatic nitrogens is 4. The number of carbonyl (C=O) groups is 1. The molecule has 1 amide bonds. The average molecular weight is 295 g/mol. The van der Waals surface area contributed by atoms with Crippen LogP contribution in [0.3, 0.4) is 0 Å². The Bertz CT molecular complexity index is 752. The van der Waals surface area contributed by atoms with Crippen molar-refractivity contribution in [1.29, 1.82) is 0 Å². The van der Waals surface area contributed by atoms with Crippen molar-refractivity contribution in [2.24, 2.45) is 0 Å². The molecule has 1 N–H and O–H groups in total. The summed E-state index contributed by atoms with van der Waals surface area (Å²) in [4.78, 5) is 20.2. The van der Waals surface area contributed by atoms with Crippen molar-refractivity contribution in [3.8, 4) is 11.6 Å². The molecule has 0 saturated heterocycles. The monoisotopic (exact) mass is 295 g/mol. The summed E-state index contributed by atoms with van der Waals surface area (Å²) in [7, 11) is 1.58. The van der Waals surface area contributed by atoms with Gasteiger partial charge in [-0.05, 0) is 36.4 Å². The van der Waals surface area contributed by atoms with Crippen molar-refractivity contribution in [2.75, 3.05) is 12.4 Å². The van der Waals surface area contributed by atoms with Crippen LogP contribution in [0.5, 0.6) is 5.75 Å². The van der Waals surface area contributed by atoms with Crippen LogP contribution in [-0.4, -0.2) is 32.8 Å². The van der Waals surface area contributed by atoms with Gasteiger partial charge in [0, 0.05) is 5.56 Å². The molecule has 0 unspecified atom stereocenters. The normalized spacial score (nSPS) is 10.2. The molecule has 3 aromatic rings. The van der Waals surface area contributed by atoms with Crippen LogP contribution in [0.1, 0.15) is 10.4 Å². The van der Waals surface area contributed by atoms with E-state index in [0.717, 1.165) is 0 Å². The summed E-state index contributed by atoms with van der Waals surface area (Å²) in [5.74, 6) is 1.12. The molecular weight excluding hydrogens is 282 g/mol. The van der Waals surface area contributed by atoms with Gasteiger partial charge >= 0.3 is 0 Å². The van der Waals surface area contributed by atoms with E-state index in [1.54, 1.807) is 56.0 Å². The topological polar surface area (TPSA) is 81.9 Å². The second-order valence-electron chi connectivity index (χ2n) is 4.43. The molecule has 0 radical (unpaired) electrons. The van der Waals surface area contributed by atoms with Crippen molar-refractivity contribution in [2.45, 2.75) is 0 Å². The van der Waals surface area contributed by atoms with E-state index in [1.165, 1.54) is 11.0 Å². The lowest BCUT2D eigenvalue weighted by atomic mass is 10.2. The quantitative estimate of drug-likeness (QED) is 0.795. The highest BCUT2D eigenvalue weighted by Crippen LogP contribution is 2.14. The van der Waals surface area contributed by atoms with Crippen LogP contribution in [0.2, 0.25) is 0 Å². The number of nitrogens with zero attached hydrogens (tertiary/aromatic N) is 4. The summed E-state index contributed by atoms with van der Waals surface area (Å²) >= 11 is 0. The molecule has 7 nitrogen and oxygen atoms in total. The molecule has 22 heavy (non-hydrogen) atoms. The van der Waals surface area contributed by atoms with E-state index in [1.807, 2.05) is 0 Å². The minimum Gasteiger partial charge on any atom is -0.497 e. The minimum absolute atomic E-state index is 0.210. The zero-order valence-corrected chi connectivity index (χ0v) is 11.8. The van der Waals surface area contributed by atoms with Crippen LogP contribution in [-0.2, 0) is 0 Å². The maximum Gasteiger partial charge on any atom is 0.255 e.